The molecule has 0 aromatic heterocycles. The van der Waals surface area contributed by atoms with Crippen LogP contribution in [-0.4, -0.2) is 30.6 Å². The van der Waals surface area contributed by atoms with E-state index in [4.69, 9.17) is 4.74 Å². The molecule has 0 aliphatic carbocycles. The summed E-state index contributed by atoms with van der Waals surface area (Å²) in [4.78, 5) is 36.4. The van der Waals surface area contributed by atoms with Crippen molar-refractivity contribution in [1.82, 2.24) is 5.32 Å². The number of esters is 1. The van der Waals surface area contributed by atoms with Crippen molar-refractivity contribution in [3.63, 3.8) is 0 Å². The summed E-state index contributed by atoms with van der Waals surface area (Å²) < 4.78 is 4.70. The highest BCUT2D eigenvalue weighted by atomic mass is 32.2. The molecule has 1 atom stereocenters. The fourth-order valence-electron chi connectivity index (χ4n) is 3.46. The molecule has 0 spiro atoms. The Balaban J connectivity index is 1.76. The van der Waals surface area contributed by atoms with E-state index in [1.54, 1.807) is 24.3 Å². The zero-order chi connectivity index (χ0) is 23.3. The number of nitriles is 1. The summed E-state index contributed by atoms with van der Waals surface area (Å²) >= 11 is 1.12. The average Bonchev–Trinajstić information content (AvgIpc) is 2.78. The van der Waals surface area contributed by atoms with Crippen LogP contribution in [-0.2, 0) is 14.3 Å². The minimum atomic E-state index is -0.458. The van der Waals surface area contributed by atoms with E-state index in [0.29, 0.717) is 16.2 Å². The summed E-state index contributed by atoms with van der Waals surface area (Å²) in [5.41, 5.74) is 4.31. The molecule has 0 radical (unpaired) electrons. The van der Waals surface area contributed by atoms with Gasteiger partial charge in [0.15, 0.2) is 0 Å². The number of rotatable bonds is 6. The Hall–Kier alpha value is -3.57. The molecule has 2 amide bonds. The van der Waals surface area contributed by atoms with Gasteiger partial charge < -0.3 is 15.4 Å². The predicted octanol–water partition coefficient (Wildman–Crippen LogP) is 3.80. The molecule has 0 saturated heterocycles. The second-order valence-corrected chi connectivity index (χ2v) is 8.41. The summed E-state index contributed by atoms with van der Waals surface area (Å²) in [6.07, 6.45) is 0.110. The van der Waals surface area contributed by atoms with E-state index in [0.717, 1.165) is 34.1 Å². The molecule has 0 saturated carbocycles. The Kier molecular flexibility index (Phi) is 7.33. The van der Waals surface area contributed by atoms with Gasteiger partial charge in [0.1, 0.15) is 0 Å². The Morgan fingerprint density at radius 3 is 2.56 bits per heavy atom. The first-order valence-corrected chi connectivity index (χ1v) is 10.9. The zero-order valence-electron chi connectivity index (χ0n) is 18.0. The molecule has 7 nitrogen and oxygen atoms in total. The van der Waals surface area contributed by atoms with Crippen molar-refractivity contribution in [2.75, 3.05) is 18.2 Å². The molecule has 2 N–H and O–H groups in total. The highest BCUT2D eigenvalue weighted by Gasteiger charge is 2.30. The molecule has 1 aliphatic heterocycles. The summed E-state index contributed by atoms with van der Waals surface area (Å²) in [5, 5.41) is 15.7. The Bertz CT molecular complexity index is 1130. The zero-order valence-corrected chi connectivity index (χ0v) is 18.8. The van der Waals surface area contributed by atoms with Gasteiger partial charge in [0.25, 0.3) is 0 Å². The van der Waals surface area contributed by atoms with Gasteiger partial charge in [0, 0.05) is 18.0 Å². The number of anilines is 1. The monoisotopic (exact) mass is 449 g/mol. The molecule has 2 aromatic rings. The highest BCUT2D eigenvalue weighted by Crippen LogP contribution is 2.36. The molecule has 0 fully saturated rings. The number of carbonyl (C=O) groups is 3. The van der Waals surface area contributed by atoms with Gasteiger partial charge in [-0.05, 0) is 43.2 Å². The smallest absolute Gasteiger partial charge is 0.337 e. The first kappa shape index (κ1) is 23.1. The number of nitrogens with zero attached hydrogens (tertiary/aromatic N) is 1. The van der Waals surface area contributed by atoms with Crippen LogP contribution in [0.5, 0.6) is 0 Å². The van der Waals surface area contributed by atoms with Crippen LogP contribution in [0.25, 0.3) is 0 Å². The van der Waals surface area contributed by atoms with Gasteiger partial charge in [-0.3, -0.25) is 9.59 Å². The second-order valence-electron chi connectivity index (χ2n) is 7.43. The lowest BCUT2D eigenvalue weighted by Gasteiger charge is -2.25. The molecule has 0 bridgehead atoms. The minimum Gasteiger partial charge on any atom is -0.465 e. The van der Waals surface area contributed by atoms with E-state index in [9.17, 15) is 19.6 Å². The number of thioether (sulfide) groups is 1. The van der Waals surface area contributed by atoms with Crippen LogP contribution in [0.15, 0.2) is 53.1 Å². The third-order valence-corrected chi connectivity index (χ3v) is 6.11. The van der Waals surface area contributed by atoms with Gasteiger partial charge in [-0.1, -0.05) is 41.6 Å². The fourth-order valence-corrected chi connectivity index (χ4v) is 4.34. The average molecular weight is 450 g/mol. The van der Waals surface area contributed by atoms with Crippen LogP contribution in [0, 0.1) is 25.2 Å². The number of ether oxygens (including phenoxy) is 1. The Morgan fingerprint density at radius 1 is 1.22 bits per heavy atom. The fraction of sp³-hybridized carbons (Fsp3) is 0.250. The molecule has 32 heavy (non-hydrogen) atoms. The van der Waals surface area contributed by atoms with Crippen LogP contribution in [0.3, 0.4) is 0 Å². The number of methoxy groups -OCH3 is 1. The van der Waals surface area contributed by atoms with Crippen molar-refractivity contribution in [3.8, 4) is 6.07 Å². The maximum absolute atomic E-state index is 12.5. The molecule has 1 heterocycles. The van der Waals surface area contributed by atoms with Crippen LogP contribution in [0.2, 0.25) is 0 Å². The lowest BCUT2D eigenvalue weighted by molar-refractivity contribution is -0.121. The number of aryl methyl sites for hydroxylation is 2. The predicted molar refractivity (Wildman–Crippen MR) is 123 cm³/mol. The third-order valence-electron chi connectivity index (χ3n) is 5.09. The summed E-state index contributed by atoms with van der Waals surface area (Å²) in [5.74, 6) is -1.33. The normalized spacial score (nSPS) is 15.6. The molecule has 164 valence electrons. The largest absolute Gasteiger partial charge is 0.465 e. The number of nitrogens with one attached hydrogen (secondary N) is 2. The summed E-state index contributed by atoms with van der Waals surface area (Å²) in [7, 11) is 1.30. The first-order chi connectivity index (χ1) is 15.3. The Morgan fingerprint density at radius 2 is 1.94 bits per heavy atom. The molecule has 3 rings (SSSR count). The molecule has 1 aliphatic rings. The van der Waals surface area contributed by atoms with E-state index in [-0.39, 0.29) is 24.0 Å². The minimum absolute atomic E-state index is 0.0438. The van der Waals surface area contributed by atoms with E-state index >= 15 is 0 Å². The van der Waals surface area contributed by atoms with Gasteiger partial charge in [0.05, 0.1) is 35.1 Å². The van der Waals surface area contributed by atoms with Crippen molar-refractivity contribution in [1.29, 1.82) is 5.26 Å². The van der Waals surface area contributed by atoms with Gasteiger partial charge in [-0.2, -0.15) is 5.26 Å². The molecule has 0 unspecified atom stereocenters. The maximum atomic E-state index is 12.5. The van der Waals surface area contributed by atoms with E-state index in [1.165, 1.54) is 7.11 Å². The van der Waals surface area contributed by atoms with Crippen molar-refractivity contribution in [2.24, 2.45) is 0 Å². The number of amides is 2. The molecule has 8 heteroatoms. The standard InChI is InChI=1S/C24H23N3O4S/c1-14-4-9-20(15(2)10-14)26-22(29)13-32-23-19(12-25)18(11-21(28)27-23)16-5-7-17(8-6-16)24(30)31-3/h4-10,18H,11,13H2,1-3H3,(H,26,29)(H,27,28)/t18-/m0/s1. The Labute approximate surface area is 190 Å². The molecular weight excluding hydrogens is 426 g/mol. The van der Waals surface area contributed by atoms with Crippen molar-refractivity contribution in [2.45, 2.75) is 26.2 Å². The third kappa shape index (κ3) is 5.37. The number of allylic oxidation sites excluding steroid dienone is 1. The molecule has 2 aromatic carbocycles. The molecular formula is C24H23N3O4S. The van der Waals surface area contributed by atoms with Gasteiger partial charge in [-0.25, -0.2) is 4.79 Å². The quantitative estimate of drug-likeness (QED) is 0.650. The second kappa shape index (κ2) is 10.2. The van der Waals surface area contributed by atoms with Crippen LogP contribution in [0.1, 0.15) is 39.4 Å². The topological polar surface area (TPSA) is 108 Å². The number of hydrogen-bond donors (Lipinski definition) is 2. The van der Waals surface area contributed by atoms with Crippen LogP contribution >= 0.6 is 11.8 Å². The highest BCUT2D eigenvalue weighted by molar-refractivity contribution is 8.03. The van der Waals surface area contributed by atoms with Crippen molar-refractivity contribution >= 4 is 35.2 Å². The van der Waals surface area contributed by atoms with Gasteiger partial charge in [-0.15, -0.1) is 0 Å². The van der Waals surface area contributed by atoms with Gasteiger partial charge in [0.2, 0.25) is 11.8 Å². The lowest BCUT2D eigenvalue weighted by Crippen LogP contribution is -2.31. The van der Waals surface area contributed by atoms with Gasteiger partial charge >= 0.3 is 5.97 Å². The number of benzene rings is 2. The SMILES string of the molecule is COC(=O)c1ccc([C@@H]2CC(=O)NC(SCC(=O)Nc3ccc(C)cc3C)=C2C#N)cc1. The van der Waals surface area contributed by atoms with Crippen LogP contribution < -0.4 is 10.6 Å². The van der Waals surface area contributed by atoms with Crippen molar-refractivity contribution in [3.05, 3.63) is 75.3 Å². The van der Waals surface area contributed by atoms with E-state index < -0.39 is 11.9 Å². The van der Waals surface area contributed by atoms with E-state index in [1.807, 2.05) is 32.0 Å². The van der Waals surface area contributed by atoms with Crippen LogP contribution in [0.4, 0.5) is 5.69 Å². The summed E-state index contributed by atoms with van der Waals surface area (Å²) in [6, 6.07) is 14.6. The maximum Gasteiger partial charge on any atom is 0.337 e. The number of carbonyl (C=O) groups excluding carboxylic acids is 3. The lowest BCUT2D eigenvalue weighted by atomic mass is 9.87. The number of hydrogen-bond acceptors (Lipinski definition) is 6. The van der Waals surface area contributed by atoms with Crippen molar-refractivity contribution < 1.29 is 19.1 Å². The first-order valence-electron chi connectivity index (χ1n) is 9.94. The van der Waals surface area contributed by atoms with E-state index in [2.05, 4.69) is 16.7 Å². The summed E-state index contributed by atoms with van der Waals surface area (Å²) in [6.45, 7) is 3.90.